The number of aliphatic hydroxyl groups excluding tert-OH is 2. The molecule has 1 amide bonds. The molecule has 3 aromatic rings. The van der Waals surface area contributed by atoms with Gasteiger partial charge in [0, 0.05) is 17.1 Å². The van der Waals surface area contributed by atoms with Gasteiger partial charge in [-0.3, -0.25) is 4.79 Å². The summed E-state index contributed by atoms with van der Waals surface area (Å²) < 4.78 is 6.54. The van der Waals surface area contributed by atoms with Crippen molar-refractivity contribution in [3.63, 3.8) is 0 Å². The first-order valence-electron chi connectivity index (χ1n) is 15.5. The lowest BCUT2D eigenvalue weighted by atomic mass is 9.77. The number of halogens is 2. The minimum absolute atomic E-state index is 0. The molecule has 1 aromatic carbocycles. The third kappa shape index (κ3) is 5.58. The number of imidazole rings is 1. The van der Waals surface area contributed by atoms with Crippen LogP contribution in [0.2, 0.25) is 0 Å². The Morgan fingerprint density at radius 2 is 1.80 bits per heavy atom. The summed E-state index contributed by atoms with van der Waals surface area (Å²) in [5, 5.41) is 33.1. The predicted molar refractivity (Wildman–Crippen MR) is 165 cm³/mol. The van der Waals surface area contributed by atoms with Crippen LogP contribution in [0.25, 0.3) is 10.4 Å². The van der Waals surface area contributed by atoms with E-state index in [0.29, 0.717) is 5.57 Å². The number of β-lactam (4-membered cyclic amide) rings is 1. The number of quaternary nitrogens is 2. The number of benzene rings is 1. The van der Waals surface area contributed by atoms with E-state index in [0.717, 1.165) is 63.0 Å². The van der Waals surface area contributed by atoms with Crippen LogP contribution in [0.4, 0.5) is 0 Å². The number of nitrogens with zero attached hydrogens (tertiary/aromatic N) is 5. The van der Waals surface area contributed by atoms with Crippen LogP contribution in [0.1, 0.15) is 29.9 Å². The lowest BCUT2D eigenvalue weighted by Crippen LogP contribution is -3.00. The van der Waals surface area contributed by atoms with Gasteiger partial charge in [0.2, 0.25) is 15.8 Å². The highest BCUT2D eigenvalue weighted by Crippen LogP contribution is 2.51. The SMILES string of the molecule is CSc1c2sc(C3=C(C(=O)[O-])N4C(=O)[C@H]([C@@H](C)O)[C@H]4[C@H]3C)cn2c[n+]1Cc1cccc(C[N+]23CC[N+](CCO)(CC2)CC3)c1.[Cl-].[Cl-]. The number of amides is 1. The molecule has 7 heterocycles. The molecule has 0 spiro atoms. The Labute approximate surface area is 289 Å². The Kier molecular flexibility index (Phi) is 9.96. The van der Waals surface area contributed by atoms with Crippen LogP contribution in [0.3, 0.4) is 0 Å². The van der Waals surface area contributed by atoms with E-state index in [1.54, 1.807) is 18.7 Å². The second-order valence-corrected chi connectivity index (χ2v) is 15.1. The molecule has 5 aliphatic heterocycles. The summed E-state index contributed by atoms with van der Waals surface area (Å²) in [7, 11) is 0. The number of hydrogen-bond donors (Lipinski definition) is 2. The lowest BCUT2D eigenvalue weighted by Gasteiger charge is -2.55. The van der Waals surface area contributed by atoms with E-state index in [1.165, 1.54) is 47.0 Å². The third-order valence-corrected chi connectivity index (χ3v) is 12.9. The van der Waals surface area contributed by atoms with Gasteiger partial charge in [-0.1, -0.05) is 48.2 Å². The van der Waals surface area contributed by atoms with E-state index in [-0.39, 0.29) is 55.0 Å². The number of thiazole rings is 1. The summed E-state index contributed by atoms with van der Waals surface area (Å²) in [6.07, 6.45) is 5.25. The van der Waals surface area contributed by atoms with Crippen molar-refractivity contribution in [3.05, 3.63) is 58.5 Å². The minimum Gasteiger partial charge on any atom is -1.00 e. The van der Waals surface area contributed by atoms with Crippen LogP contribution in [-0.2, 0) is 22.7 Å². The second-order valence-electron chi connectivity index (χ2n) is 13.3. The molecule has 2 N–H and O–H groups in total. The number of thioether (sulfide) groups is 1. The predicted octanol–water partition coefficient (Wildman–Crippen LogP) is -5.46. The highest BCUT2D eigenvalue weighted by molar-refractivity contribution is 7.98. The molecular formula is C32H41Cl2N5O5S2. The number of aliphatic hydroxyl groups is 2. The maximum Gasteiger partial charge on any atom is 0.250 e. The Hall–Kier alpha value is -2.16. The summed E-state index contributed by atoms with van der Waals surface area (Å²) >= 11 is 3.20. The first-order chi connectivity index (χ1) is 21.1. The number of aromatic nitrogens is 2. The fraction of sp³-hybridized carbons (Fsp3) is 0.531. The van der Waals surface area contributed by atoms with Crippen LogP contribution >= 0.6 is 23.1 Å². The van der Waals surface area contributed by atoms with Gasteiger partial charge in [0.15, 0.2) is 0 Å². The summed E-state index contributed by atoms with van der Waals surface area (Å²) in [6.45, 7) is 13.5. The number of hydrogen-bond acceptors (Lipinski definition) is 7. The number of carbonyl (C=O) groups excluding carboxylic acids is 2. The molecular weight excluding hydrogens is 669 g/mol. The van der Waals surface area contributed by atoms with Gasteiger partial charge in [-0.05, 0) is 24.8 Å². The standard InChI is InChI=1S/C32H41N5O5S2.2ClH/c1-20-25(28(32(41)42)35-27(20)26(21(2)39)29(35)40)24-17-34-19-33(30(43-3)31(34)44-24)16-22-5-4-6-23(15-22)18-37-10-7-36(8-11-37,9-12-37)13-14-38;;/h4-6,15,17,19-21,26-27,38-39H,7-14,16,18H2,1-3H3;2*1H/q+2;;/p-2/t20-,21+,26+,27+,36?,37?;;/m0../s1. The van der Waals surface area contributed by atoms with Crippen LogP contribution in [0, 0.1) is 11.8 Å². The first-order valence-corrected chi connectivity index (χ1v) is 17.6. The molecule has 14 heteroatoms. The number of piperazine rings is 3. The average molecular weight is 711 g/mol. The van der Waals surface area contributed by atoms with Gasteiger partial charge in [0.05, 0.1) is 41.2 Å². The van der Waals surface area contributed by atoms with Crippen LogP contribution in [-0.4, -0.2) is 111 Å². The fourth-order valence-electron chi connectivity index (χ4n) is 8.40. The highest BCUT2D eigenvalue weighted by Gasteiger charge is 2.59. The maximum atomic E-state index is 12.8. The van der Waals surface area contributed by atoms with E-state index in [9.17, 15) is 24.9 Å². The van der Waals surface area contributed by atoms with Gasteiger partial charge in [0.25, 0.3) is 6.33 Å². The fourth-order valence-corrected chi connectivity index (χ4v) is 10.6. The van der Waals surface area contributed by atoms with Gasteiger partial charge in [-0.2, -0.15) is 4.40 Å². The third-order valence-electron chi connectivity index (χ3n) is 10.8. The van der Waals surface area contributed by atoms with Crippen molar-refractivity contribution in [2.75, 3.05) is 58.7 Å². The number of fused-ring (bicyclic) bond motifs is 5. The van der Waals surface area contributed by atoms with Crippen molar-refractivity contribution in [3.8, 4) is 0 Å². The monoisotopic (exact) mass is 709 g/mol. The molecule has 0 saturated carbocycles. The molecule has 0 radical (unpaired) electrons. The normalized spacial score (nSPS) is 28.9. The van der Waals surface area contributed by atoms with Crippen molar-refractivity contribution in [1.82, 2.24) is 9.30 Å². The number of carbonyl (C=O) groups is 2. The van der Waals surface area contributed by atoms with Gasteiger partial charge < -0.3 is 58.8 Å². The Morgan fingerprint density at radius 1 is 1.15 bits per heavy atom. The Balaban J connectivity index is 0.00000208. The van der Waals surface area contributed by atoms with Crippen molar-refractivity contribution in [1.29, 1.82) is 0 Å². The molecule has 46 heavy (non-hydrogen) atoms. The molecule has 10 nitrogen and oxygen atoms in total. The molecule has 0 aliphatic carbocycles. The number of rotatable bonds is 10. The molecule has 4 saturated heterocycles. The topological polar surface area (TPSA) is 109 Å². The van der Waals surface area contributed by atoms with Crippen molar-refractivity contribution >= 4 is 45.4 Å². The maximum absolute atomic E-state index is 12.8. The number of aliphatic carboxylic acids is 1. The van der Waals surface area contributed by atoms with Gasteiger partial charge in [0.1, 0.15) is 65.1 Å². The molecule has 0 unspecified atom stereocenters. The molecule has 2 aromatic heterocycles. The summed E-state index contributed by atoms with van der Waals surface area (Å²) in [4.78, 5) is 28.2. The Bertz CT molecular complexity index is 1670. The Morgan fingerprint density at radius 3 is 2.41 bits per heavy atom. The summed E-state index contributed by atoms with van der Waals surface area (Å²) in [5.41, 5.74) is 3.17. The zero-order valence-electron chi connectivity index (χ0n) is 26.3. The molecule has 8 rings (SSSR count). The zero-order valence-corrected chi connectivity index (χ0v) is 29.4. The van der Waals surface area contributed by atoms with Crippen LogP contribution in [0.15, 0.2) is 47.5 Å². The van der Waals surface area contributed by atoms with E-state index in [1.807, 2.05) is 13.1 Å². The minimum atomic E-state index is -1.35. The number of carboxylic acids is 1. The van der Waals surface area contributed by atoms with Gasteiger partial charge in [-0.15, -0.1) is 0 Å². The van der Waals surface area contributed by atoms with E-state index < -0.39 is 18.0 Å². The second kappa shape index (κ2) is 13.0. The van der Waals surface area contributed by atoms with Gasteiger partial charge in [-0.25, -0.2) is 4.57 Å². The van der Waals surface area contributed by atoms with E-state index in [2.05, 4.69) is 45.8 Å². The largest absolute Gasteiger partial charge is 1.00 e. The number of carboxylic acid groups (broad SMARTS) is 1. The zero-order chi connectivity index (χ0) is 31.0. The summed E-state index contributed by atoms with van der Waals surface area (Å²) in [5.74, 6) is -2.53. The lowest BCUT2D eigenvalue weighted by molar-refractivity contribution is -1.09. The van der Waals surface area contributed by atoms with Gasteiger partial charge >= 0.3 is 0 Å². The summed E-state index contributed by atoms with van der Waals surface area (Å²) in [6, 6.07) is 8.58. The van der Waals surface area contributed by atoms with E-state index in [4.69, 9.17) is 0 Å². The van der Waals surface area contributed by atoms with Crippen molar-refractivity contribution in [2.24, 2.45) is 11.8 Å². The van der Waals surface area contributed by atoms with Crippen molar-refractivity contribution < 1.29 is 63.3 Å². The molecule has 4 atom stereocenters. The average Bonchev–Trinajstić information content (AvgIpc) is 3.61. The van der Waals surface area contributed by atoms with Crippen LogP contribution < -0.4 is 34.5 Å². The molecule has 2 bridgehead atoms. The van der Waals surface area contributed by atoms with Crippen molar-refractivity contribution in [2.45, 2.75) is 44.1 Å². The highest BCUT2D eigenvalue weighted by atomic mass is 35.5. The molecule has 4 fully saturated rings. The quantitative estimate of drug-likeness (QED) is 0.0943. The smallest absolute Gasteiger partial charge is 0.250 e. The first kappa shape index (κ1) is 35.2. The van der Waals surface area contributed by atoms with Crippen LogP contribution in [0.5, 0.6) is 0 Å². The molecule has 5 aliphatic rings. The molecule has 250 valence electrons. The van der Waals surface area contributed by atoms with E-state index >= 15 is 0 Å².